The van der Waals surface area contributed by atoms with Gasteiger partial charge in [0.2, 0.25) is 0 Å². The largest absolute Gasteiger partial charge is 0.323 e. The minimum atomic E-state index is -3.85. The summed E-state index contributed by atoms with van der Waals surface area (Å²) in [5.74, 6) is -7.70. The lowest BCUT2D eigenvalue weighted by Crippen LogP contribution is -2.38. The van der Waals surface area contributed by atoms with Gasteiger partial charge < -0.3 is 0 Å². The normalized spacial score (nSPS) is 23.8. The number of alkyl halides is 4. The lowest BCUT2D eigenvalue weighted by molar-refractivity contribution is -0.172. The van der Waals surface area contributed by atoms with Crippen LogP contribution < -0.4 is 0 Å². The van der Waals surface area contributed by atoms with E-state index in [1.807, 2.05) is 0 Å². The minimum Gasteiger partial charge on any atom is -0.291 e. The van der Waals surface area contributed by atoms with Crippen molar-refractivity contribution in [2.75, 3.05) is 19.6 Å². The summed E-state index contributed by atoms with van der Waals surface area (Å²) in [4.78, 5) is 1.17. The van der Waals surface area contributed by atoms with Crippen molar-refractivity contribution in [3.05, 3.63) is 0 Å². The van der Waals surface area contributed by atoms with E-state index in [-0.39, 0.29) is 0 Å². The van der Waals surface area contributed by atoms with Gasteiger partial charge in [0.15, 0.2) is 0 Å². The maximum atomic E-state index is 12.8. The molecule has 0 aliphatic carbocycles. The summed E-state index contributed by atoms with van der Waals surface area (Å²) in [6.45, 7) is 0.845. The fourth-order valence-electron chi connectivity index (χ4n) is 1.95. The SMILES string of the molecule is CCCCCCCN1CC(F)(F)C(F)(F)C1. The van der Waals surface area contributed by atoms with Crippen LogP contribution in [0.15, 0.2) is 0 Å². The zero-order valence-corrected chi connectivity index (χ0v) is 9.62. The van der Waals surface area contributed by atoms with Crippen molar-refractivity contribution < 1.29 is 17.6 Å². The second-order valence-corrected chi connectivity index (χ2v) is 4.53. The molecule has 0 aromatic rings. The van der Waals surface area contributed by atoms with Crippen molar-refractivity contribution in [1.29, 1.82) is 0 Å². The van der Waals surface area contributed by atoms with Crippen LogP contribution in [0.2, 0.25) is 0 Å². The Morgan fingerprint density at radius 2 is 1.38 bits per heavy atom. The molecule has 1 aliphatic heterocycles. The molecule has 0 aromatic carbocycles. The molecular formula is C11H19F4N. The molecule has 1 fully saturated rings. The van der Waals surface area contributed by atoms with E-state index in [0.717, 1.165) is 32.1 Å². The van der Waals surface area contributed by atoms with Gasteiger partial charge in [-0.2, -0.15) is 17.6 Å². The predicted molar refractivity (Wildman–Crippen MR) is 55.1 cm³/mol. The van der Waals surface area contributed by atoms with Crippen molar-refractivity contribution in [3.8, 4) is 0 Å². The summed E-state index contributed by atoms with van der Waals surface area (Å²) in [6, 6.07) is 0. The van der Waals surface area contributed by atoms with E-state index in [1.54, 1.807) is 0 Å². The summed E-state index contributed by atoms with van der Waals surface area (Å²) in [6.07, 6.45) is 4.94. The van der Waals surface area contributed by atoms with Crippen molar-refractivity contribution in [2.24, 2.45) is 0 Å². The monoisotopic (exact) mass is 241 g/mol. The van der Waals surface area contributed by atoms with Crippen molar-refractivity contribution >= 4 is 0 Å². The van der Waals surface area contributed by atoms with Gasteiger partial charge in [-0.25, -0.2) is 0 Å². The molecule has 0 spiro atoms. The molecule has 1 saturated heterocycles. The number of unbranched alkanes of at least 4 members (excludes halogenated alkanes) is 4. The van der Waals surface area contributed by atoms with Crippen LogP contribution in [0.5, 0.6) is 0 Å². The molecular weight excluding hydrogens is 222 g/mol. The summed E-state index contributed by atoms with van der Waals surface area (Å²) in [5.41, 5.74) is 0. The summed E-state index contributed by atoms with van der Waals surface area (Å²) in [7, 11) is 0. The van der Waals surface area contributed by atoms with Crippen LogP contribution in [0.1, 0.15) is 39.0 Å². The smallest absolute Gasteiger partial charge is 0.291 e. The highest BCUT2D eigenvalue weighted by Crippen LogP contribution is 2.40. The third-order valence-electron chi connectivity index (χ3n) is 2.96. The maximum absolute atomic E-state index is 12.8. The standard InChI is InChI=1S/C11H19F4N/c1-2-3-4-5-6-7-16-8-10(12,13)11(14,15)9-16/h2-9H2,1H3. The summed E-state index contributed by atoms with van der Waals surface area (Å²) in [5, 5.41) is 0. The molecule has 1 aliphatic rings. The van der Waals surface area contributed by atoms with Gasteiger partial charge in [-0.1, -0.05) is 32.6 Å². The highest BCUT2D eigenvalue weighted by atomic mass is 19.3. The van der Waals surface area contributed by atoms with E-state index >= 15 is 0 Å². The van der Waals surface area contributed by atoms with Gasteiger partial charge in [-0.15, -0.1) is 0 Å². The fourth-order valence-corrected chi connectivity index (χ4v) is 1.95. The molecule has 96 valence electrons. The molecule has 1 nitrogen and oxygen atoms in total. The van der Waals surface area contributed by atoms with Crippen LogP contribution in [0.3, 0.4) is 0 Å². The van der Waals surface area contributed by atoms with E-state index in [4.69, 9.17) is 0 Å². The Bertz CT molecular complexity index is 202. The van der Waals surface area contributed by atoms with E-state index in [0.29, 0.717) is 6.54 Å². The van der Waals surface area contributed by atoms with Crippen LogP contribution in [-0.2, 0) is 0 Å². The van der Waals surface area contributed by atoms with Gasteiger partial charge in [0.25, 0.3) is 0 Å². The van der Waals surface area contributed by atoms with E-state index in [1.165, 1.54) is 4.90 Å². The van der Waals surface area contributed by atoms with Crippen LogP contribution >= 0.6 is 0 Å². The number of halogens is 4. The third-order valence-corrected chi connectivity index (χ3v) is 2.96. The topological polar surface area (TPSA) is 3.24 Å². The van der Waals surface area contributed by atoms with Gasteiger partial charge in [0, 0.05) is 0 Å². The van der Waals surface area contributed by atoms with Gasteiger partial charge in [-0.3, -0.25) is 4.90 Å². The Kier molecular flexibility index (Phi) is 4.59. The Morgan fingerprint density at radius 3 is 1.88 bits per heavy atom. The summed E-state index contributed by atoms with van der Waals surface area (Å²) >= 11 is 0. The lowest BCUT2D eigenvalue weighted by Gasteiger charge is -2.15. The Balaban J connectivity index is 2.21. The highest BCUT2D eigenvalue weighted by molar-refractivity contribution is 4.96. The van der Waals surface area contributed by atoms with Crippen LogP contribution in [0.4, 0.5) is 17.6 Å². The molecule has 0 aromatic heterocycles. The van der Waals surface area contributed by atoms with E-state index < -0.39 is 24.9 Å². The molecule has 0 amide bonds. The molecule has 1 rings (SSSR count). The zero-order valence-electron chi connectivity index (χ0n) is 9.62. The first kappa shape index (κ1) is 13.7. The first-order valence-electron chi connectivity index (χ1n) is 5.87. The lowest BCUT2D eigenvalue weighted by atomic mass is 10.1. The summed E-state index contributed by atoms with van der Waals surface area (Å²) < 4.78 is 51.2. The average molecular weight is 241 g/mol. The second kappa shape index (κ2) is 5.34. The number of nitrogens with zero attached hydrogens (tertiary/aromatic N) is 1. The van der Waals surface area contributed by atoms with Crippen LogP contribution in [0.25, 0.3) is 0 Å². The molecule has 0 bridgehead atoms. The second-order valence-electron chi connectivity index (χ2n) is 4.53. The highest BCUT2D eigenvalue weighted by Gasteiger charge is 2.62. The predicted octanol–water partition coefficient (Wildman–Crippen LogP) is 3.54. The number of hydrogen-bond donors (Lipinski definition) is 0. The molecule has 0 N–H and O–H groups in total. The number of hydrogen-bond acceptors (Lipinski definition) is 1. The van der Waals surface area contributed by atoms with Gasteiger partial charge in [-0.05, 0) is 13.0 Å². The van der Waals surface area contributed by atoms with Crippen molar-refractivity contribution in [2.45, 2.75) is 50.9 Å². The molecule has 0 unspecified atom stereocenters. The van der Waals surface area contributed by atoms with Crippen LogP contribution in [0, 0.1) is 0 Å². The van der Waals surface area contributed by atoms with E-state index in [2.05, 4.69) is 6.92 Å². The molecule has 0 saturated carbocycles. The van der Waals surface area contributed by atoms with Gasteiger partial charge in [0.05, 0.1) is 13.1 Å². The molecule has 0 radical (unpaired) electrons. The van der Waals surface area contributed by atoms with Crippen molar-refractivity contribution in [1.82, 2.24) is 4.90 Å². The molecule has 0 atom stereocenters. The fraction of sp³-hybridized carbons (Fsp3) is 1.00. The van der Waals surface area contributed by atoms with Crippen LogP contribution in [-0.4, -0.2) is 36.4 Å². The molecule has 5 heteroatoms. The first-order valence-corrected chi connectivity index (χ1v) is 5.87. The average Bonchev–Trinajstić information content (AvgIpc) is 2.35. The van der Waals surface area contributed by atoms with E-state index in [9.17, 15) is 17.6 Å². The minimum absolute atomic E-state index is 0.356. The van der Waals surface area contributed by atoms with Gasteiger partial charge >= 0.3 is 11.8 Å². The molecule has 1 heterocycles. The van der Waals surface area contributed by atoms with Gasteiger partial charge in [0.1, 0.15) is 0 Å². The Labute approximate surface area is 93.8 Å². The Morgan fingerprint density at radius 1 is 0.875 bits per heavy atom. The quantitative estimate of drug-likeness (QED) is 0.508. The zero-order chi connectivity index (χ0) is 12.2. The molecule has 16 heavy (non-hydrogen) atoms. The Hall–Kier alpha value is -0.320. The first-order chi connectivity index (χ1) is 7.39. The number of likely N-dealkylation sites (tertiary alicyclic amines) is 1. The van der Waals surface area contributed by atoms with Crippen molar-refractivity contribution in [3.63, 3.8) is 0 Å². The number of rotatable bonds is 6. The maximum Gasteiger partial charge on any atom is 0.323 e. The third kappa shape index (κ3) is 3.34.